The van der Waals surface area contributed by atoms with E-state index in [1.54, 1.807) is 24.3 Å². The van der Waals surface area contributed by atoms with Gasteiger partial charge in [0, 0.05) is 0 Å². The van der Waals surface area contributed by atoms with Crippen molar-refractivity contribution in [1.82, 2.24) is 0 Å². The summed E-state index contributed by atoms with van der Waals surface area (Å²) in [5, 5.41) is 0. The third kappa shape index (κ3) is 12.9. The van der Waals surface area contributed by atoms with Crippen LogP contribution >= 0.6 is 0 Å². The molecule has 6 atom stereocenters. The quantitative estimate of drug-likeness (QED) is 0.0615. The van der Waals surface area contributed by atoms with Gasteiger partial charge < -0.3 is 85.3 Å². The van der Waals surface area contributed by atoms with E-state index < -0.39 is 0 Å². The molecule has 6 aliphatic rings. The number of rotatable bonds is 31. The van der Waals surface area contributed by atoms with Crippen LogP contribution < -0.4 is 28.4 Å². The van der Waals surface area contributed by atoms with Crippen molar-refractivity contribution in [2.75, 3.05) is 120 Å². The summed E-state index contributed by atoms with van der Waals surface area (Å²) in [6.07, 6.45) is 0.380. The van der Waals surface area contributed by atoms with Crippen molar-refractivity contribution in [3.8, 4) is 45.6 Å². The fourth-order valence-corrected chi connectivity index (χ4v) is 4.88. The van der Waals surface area contributed by atoms with E-state index in [2.05, 4.69) is 0 Å². The molecule has 0 N–H and O–H groups in total. The first kappa shape index (κ1) is 37.7. The van der Waals surface area contributed by atoms with Crippen LogP contribution in [0.3, 0.4) is 0 Å². The molecular weight excluding hydrogens is 720 g/mol. The molecule has 2 aromatic rings. The van der Waals surface area contributed by atoms with Gasteiger partial charge in [-0.05, 0) is 35.4 Å². The lowest BCUT2D eigenvalue weighted by molar-refractivity contribution is -0.0148. The van der Waals surface area contributed by atoms with Crippen LogP contribution in [0, 0.1) is 0 Å². The van der Waals surface area contributed by atoms with E-state index in [1.165, 1.54) is 0 Å². The number of hydrogen-bond acceptors (Lipinski definition) is 18. The average Bonchev–Trinajstić information content (AvgIpc) is 3.96. The maximum atomic E-state index is 6.15. The molecule has 0 spiro atoms. The van der Waals surface area contributed by atoms with E-state index in [1.807, 2.05) is 0 Å². The van der Waals surface area contributed by atoms with E-state index in [4.69, 9.17) is 85.3 Å². The zero-order chi connectivity index (χ0) is 36.4. The molecule has 18 nitrogen and oxygen atoms in total. The predicted molar refractivity (Wildman–Crippen MR) is 179 cm³/mol. The Bertz CT molecular complexity index is 1280. The van der Waals surface area contributed by atoms with Gasteiger partial charge in [0.05, 0.1) is 79.3 Å². The zero-order valence-corrected chi connectivity index (χ0v) is 29.8. The van der Waals surface area contributed by atoms with Crippen LogP contribution in [-0.4, -0.2) is 157 Å². The molecule has 0 amide bonds. The molecule has 18 heteroatoms. The normalized spacial score (nSPS) is 25.5. The van der Waals surface area contributed by atoms with Crippen LogP contribution in [0.1, 0.15) is 0 Å². The third-order valence-electron chi connectivity index (χ3n) is 8.38. The summed E-state index contributed by atoms with van der Waals surface area (Å²) in [4.78, 5) is 0. The maximum absolute atomic E-state index is 6.15. The molecule has 8 rings (SSSR count). The molecular formula is C36H46O18. The summed E-state index contributed by atoms with van der Waals surface area (Å²) in [6, 6.07) is 7.19. The van der Waals surface area contributed by atoms with Crippen molar-refractivity contribution in [1.29, 1.82) is 0 Å². The predicted octanol–water partition coefficient (Wildman–Crippen LogP) is 1.86. The monoisotopic (exact) mass is 766 g/mol. The van der Waals surface area contributed by atoms with Gasteiger partial charge in [-0.2, -0.15) is 0 Å². The van der Waals surface area contributed by atoms with Gasteiger partial charge in [-0.15, -0.1) is 0 Å². The standard InChI is InChI=1S/C36H46O18/c1-23(2-32(50-18-38-6-26-12-44-26)35(53-21-41-9-29-15-47-29)31(1)49-17-37-5-25-11-43-25)24-3-33(51-19-39-7-27-13-45-27)36(54-22-42-10-30-16-48-30)34(4-24)52-20-40-8-28-14-46-28/h1-4,25-30H,5-22H2. The molecule has 6 fully saturated rings. The van der Waals surface area contributed by atoms with Gasteiger partial charge in [0.1, 0.15) is 36.6 Å². The van der Waals surface area contributed by atoms with E-state index in [-0.39, 0.29) is 77.4 Å². The van der Waals surface area contributed by atoms with Crippen LogP contribution in [0.15, 0.2) is 24.3 Å². The van der Waals surface area contributed by atoms with Gasteiger partial charge in [-0.3, -0.25) is 0 Å². The minimum Gasteiger partial charge on any atom is -0.463 e. The summed E-state index contributed by atoms with van der Waals surface area (Å²) < 4.78 is 103. The number of epoxide rings is 6. The number of ether oxygens (including phenoxy) is 18. The molecule has 0 bridgehead atoms. The van der Waals surface area contributed by atoms with Gasteiger partial charge in [-0.1, -0.05) is 0 Å². The molecule has 6 saturated heterocycles. The van der Waals surface area contributed by atoms with Crippen molar-refractivity contribution in [3.05, 3.63) is 24.3 Å². The fourth-order valence-electron chi connectivity index (χ4n) is 4.88. The lowest BCUT2D eigenvalue weighted by Gasteiger charge is -2.21. The zero-order valence-electron chi connectivity index (χ0n) is 29.8. The summed E-state index contributed by atoms with van der Waals surface area (Å²) in [5.41, 5.74) is 1.30. The Morgan fingerprint density at radius 2 is 0.537 bits per heavy atom. The molecule has 54 heavy (non-hydrogen) atoms. The highest BCUT2D eigenvalue weighted by atomic mass is 16.7. The van der Waals surface area contributed by atoms with Gasteiger partial charge in [0.15, 0.2) is 63.8 Å². The Kier molecular flexibility index (Phi) is 13.3. The minimum absolute atomic E-state index is 0.0618. The van der Waals surface area contributed by atoms with Crippen LogP contribution in [0.2, 0.25) is 0 Å². The number of benzene rings is 2. The molecule has 0 radical (unpaired) electrons. The molecule has 0 aliphatic carbocycles. The lowest BCUT2D eigenvalue weighted by atomic mass is 10.0. The van der Waals surface area contributed by atoms with E-state index in [9.17, 15) is 0 Å². The molecule has 0 saturated carbocycles. The molecule has 6 heterocycles. The van der Waals surface area contributed by atoms with E-state index in [0.717, 1.165) is 0 Å². The fraction of sp³-hybridized carbons (Fsp3) is 0.667. The van der Waals surface area contributed by atoms with Crippen LogP contribution in [0.4, 0.5) is 0 Å². The van der Waals surface area contributed by atoms with E-state index >= 15 is 0 Å². The van der Waals surface area contributed by atoms with Crippen LogP contribution in [0.5, 0.6) is 34.5 Å². The Morgan fingerprint density at radius 1 is 0.333 bits per heavy atom. The number of hydrogen-bond donors (Lipinski definition) is 0. The minimum atomic E-state index is -0.0752. The smallest absolute Gasteiger partial charge is 0.206 e. The van der Waals surface area contributed by atoms with Crippen molar-refractivity contribution < 1.29 is 85.3 Å². The first-order valence-corrected chi connectivity index (χ1v) is 18.0. The largest absolute Gasteiger partial charge is 0.463 e. The Hall–Kier alpha value is -3.24. The SMILES string of the molecule is c1c(-c2cc(OCOCC3CO3)c(OCOCC3CO3)c(OCOCC3CO3)c2)cc(OCOCC2CO2)c(OCOCC2CO2)c1OCOCC1CO1. The second-order valence-electron chi connectivity index (χ2n) is 13.1. The second-order valence-corrected chi connectivity index (χ2v) is 13.1. The molecule has 298 valence electrons. The highest BCUT2D eigenvalue weighted by Crippen LogP contribution is 2.46. The van der Waals surface area contributed by atoms with Gasteiger partial charge >= 0.3 is 0 Å². The summed E-state index contributed by atoms with van der Waals surface area (Å²) >= 11 is 0. The maximum Gasteiger partial charge on any atom is 0.206 e. The Labute approximate surface area is 311 Å². The second kappa shape index (κ2) is 19.1. The molecule has 0 aromatic heterocycles. The van der Waals surface area contributed by atoms with Crippen LogP contribution in [0.25, 0.3) is 11.1 Å². The van der Waals surface area contributed by atoms with Crippen LogP contribution in [-0.2, 0) is 56.8 Å². The third-order valence-corrected chi connectivity index (χ3v) is 8.38. The molecule has 2 aromatic carbocycles. The van der Waals surface area contributed by atoms with E-state index in [0.29, 0.717) is 125 Å². The highest BCUT2D eigenvalue weighted by Gasteiger charge is 2.28. The Balaban J connectivity index is 1.07. The van der Waals surface area contributed by atoms with Gasteiger partial charge in [0.25, 0.3) is 0 Å². The molecule has 6 unspecified atom stereocenters. The van der Waals surface area contributed by atoms with Crippen molar-refractivity contribution >= 4 is 0 Å². The van der Waals surface area contributed by atoms with Gasteiger partial charge in [0.2, 0.25) is 11.5 Å². The van der Waals surface area contributed by atoms with Crippen molar-refractivity contribution in [2.45, 2.75) is 36.6 Å². The summed E-state index contributed by atoms with van der Waals surface area (Å²) in [7, 11) is 0. The first-order chi connectivity index (χ1) is 26.7. The van der Waals surface area contributed by atoms with Crippen molar-refractivity contribution in [3.63, 3.8) is 0 Å². The Morgan fingerprint density at radius 3 is 0.741 bits per heavy atom. The summed E-state index contributed by atoms with van der Waals surface area (Å²) in [5.74, 6) is 1.92. The van der Waals surface area contributed by atoms with Crippen molar-refractivity contribution in [2.24, 2.45) is 0 Å². The lowest BCUT2D eigenvalue weighted by Crippen LogP contribution is -2.13. The first-order valence-electron chi connectivity index (χ1n) is 18.0. The topological polar surface area (TPSA) is 186 Å². The average molecular weight is 767 g/mol. The highest BCUT2D eigenvalue weighted by molar-refractivity contribution is 5.75. The molecule has 6 aliphatic heterocycles. The van der Waals surface area contributed by atoms with Gasteiger partial charge in [-0.25, -0.2) is 0 Å². The summed E-state index contributed by atoms with van der Waals surface area (Å²) in [6.45, 7) is 5.88.